The molecule has 2 N–H and O–H groups in total. The molecule has 3 nitrogen and oxygen atoms in total. The molecule has 0 radical (unpaired) electrons. The van der Waals surface area contributed by atoms with E-state index in [2.05, 4.69) is 16.8 Å². The van der Waals surface area contributed by atoms with Gasteiger partial charge in [-0.3, -0.25) is 0 Å². The van der Waals surface area contributed by atoms with E-state index in [1.807, 2.05) is 0 Å². The lowest BCUT2D eigenvalue weighted by atomic mass is 9.71. The summed E-state index contributed by atoms with van der Waals surface area (Å²) in [5, 5.41) is 0.423. The average Bonchev–Trinajstić information content (AvgIpc) is 2.43. The zero-order valence-electron chi connectivity index (χ0n) is 12.5. The minimum absolute atomic E-state index is 0.306. The number of rotatable bonds is 1. The van der Waals surface area contributed by atoms with Crippen LogP contribution in [0.4, 0.5) is 15.8 Å². The highest BCUT2D eigenvalue weighted by Gasteiger charge is 2.37. The van der Waals surface area contributed by atoms with Crippen molar-refractivity contribution in [2.45, 2.75) is 25.7 Å². The van der Waals surface area contributed by atoms with Crippen LogP contribution in [0.15, 0.2) is 12.1 Å². The van der Waals surface area contributed by atoms with Gasteiger partial charge in [-0.1, -0.05) is 11.6 Å². The van der Waals surface area contributed by atoms with Crippen LogP contribution in [0.1, 0.15) is 25.7 Å². The van der Waals surface area contributed by atoms with Gasteiger partial charge in [0.1, 0.15) is 5.82 Å². The summed E-state index contributed by atoms with van der Waals surface area (Å²) in [6.45, 7) is 4.11. The van der Waals surface area contributed by atoms with Crippen LogP contribution in [0.3, 0.4) is 0 Å². The second-order valence-corrected chi connectivity index (χ2v) is 7.03. The fourth-order valence-corrected chi connectivity index (χ4v) is 4.02. The van der Waals surface area contributed by atoms with Crippen LogP contribution in [-0.2, 0) is 0 Å². The van der Waals surface area contributed by atoms with Crippen molar-refractivity contribution in [3.8, 4) is 0 Å². The number of piperidine rings is 2. The molecule has 1 aromatic carbocycles. The zero-order valence-corrected chi connectivity index (χ0v) is 13.3. The minimum atomic E-state index is -0.306. The van der Waals surface area contributed by atoms with Crippen molar-refractivity contribution in [1.29, 1.82) is 0 Å². The highest BCUT2D eigenvalue weighted by atomic mass is 35.5. The topological polar surface area (TPSA) is 32.5 Å². The Hall–Kier alpha value is -1.00. The van der Waals surface area contributed by atoms with Gasteiger partial charge in [0.2, 0.25) is 0 Å². The van der Waals surface area contributed by atoms with Crippen LogP contribution in [0.2, 0.25) is 5.02 Å². The molecule has 0 bridgehead atoms. The predicted molar refractivity (Wildman–Crippen MR) is 86.4 cm³/mol. The van der Waals surface area contributed by atoms with Gasteiger partial charge in [0.15, 0.2) is 0 Å². The Morgan fingerprint density at radius 3 is 2.24 bits per heavy atom. The Morgan fingerprint density at radius 2 is 1.67 bits per heavy atom. The van der Waals surface area contributed by atoms with E-state index >= 15 is 0 Å². The quantitative estimate of drug-likeness (QED) is 0.807. The summed E-state index contributed by atoms with van der Waals surface area (Å²) in [7, 11) is 2.19. The van der Waals surface area contributed by atoms with Crippen molar-refractivity contribution in [3.05, 3.63) is 23.0 Å². The van der Waals surface area contributed by atoms with E-state index in [-0.39, 0.29) is 5.82 Å². The van der Waals surface area contributed by atoms with Crippen LogP contribution < -0.4 is 10.6 Å². The van der Waals surface area contributed by atoms with E-state index in [0.717, 1.165) is 25.9 Å². The number of likely N-dealkylation sites (tertiary alicyclic amines) is 1. The molecule has 2 heterocycles. The van der Waals surface area contributed by atoms with E-state index in [1.54, 1.807) is 6.07 Å². The molecule has 2 fully saturated rings. The fourth-order valence-electron chi connectivity index (χ4n) is 3.68. The Kier molecular flexibility index (Phi) is 4.02. The monoisotopic (exact) mass is 311 g/mol. The number of nitrogen functional groups attached to an aromatic ring is 1. The summed E-state index contributed by atoms with van der Waals surface area (Å²) in [6, 6.07) is 3.00. The molecule has 1 aromatic rings. The number of nitrogens with two attached hydrogens (primary N) is 1. The molecular weight excluding hydrogens is 289 g/mol. The molecule has 0 unspecified atom stereocenters. The van der Waals surface area contributed by atoms with E-state index in [9.17, 15) is 4.39 Å². The molecule has 5 heteroatoms. The van der Waals surface area contributed by atoms with Crippen molar-refractivity contribution in [2.75, 3.05) is 43.9 Å². The van der Waals surface area contributed by atoms with Gasteiger partial charge in [0, 0.05) is 18.8 Å². The van der Waals surface area contributed by atoms with E-state index in [4.69, 9.17) is 17.3 Å². The second kappa shape index (κ2) is 5.65. The van der Waals surface area contributed by atoms with Gasteiger partial charge in [-0.15, -0.1) is 0 Å². The summed E-state index contributed by atoms with van der Waals surface area (Å²) < 4.78 is 14.2. The molecule has 2 aliphatic rings. The van der Waals surface area contributed by atoms with Crippen molar-refractivity contribution < 1.29 is 4.39 Å². The molecule has 0 aromatic heterocycles. The fraction of sp³-hybridized carbons (Fsp3) is 0.625. The maximum Gasteiger partial charge on any atom is 0.150 e. The van der Waals surface area contributed by atoms with Gasteiger partial charge < -0.3 is 15.5 Å². The second-order valence-electron chi connectivity index (χ2n) is 6.62. The SMILES string of the molecule is CN1CCC2(CC1)CCN(c1c(F)cc(N)cc1Cl)CC2. The molecule has 0 atom stereocenters. The van der Waals surface area contributed by atoms with Crippen molar-refractivity contribution in [2.24, 2.45) is 5.41 Å². The standard InChI is InChI=1S/C16H23ClFN3/c1-20-6-2-16(3-7-20)4-8-21(9-5-16)15-13(17)10-12(19)11-14(15)18/h10-11H,2-9,19H2,1H3. The third-order valence-corrected chi connectivity index (χ3v) is 5.52. The number of anilines is 2. The summed E-state index contributed by atoms with van der Waals surface area (Å²) >= 11 is 6.20. The molecular formula is C16H23ClFN3. The molecule has 1 spiro atoms. The molecule has 0 aliphatic carbocycles. The number of hydrogen-bond acceptors (Lipinski definition) is 3. The summed E-state index contributed by atoms with van der Waals surface area (Å²) in [6.07, 6.45) is 4.77. The number of halogens is 2. The van der Waals surface area contributed by atoms with Gasteiger partial charge >= 0.3 is 0 Å². The smallest absolute Gasteiger partial charge is 0.150 e. The first-order valence-corrected chi connectivity index (χ1v) is 8.05. The van der Waals surface area contributed by atoms with Gasteiger partial charge in [-0.2, -0.15) is 0 Å². The Balaban J connectivity index is 1.72. The van der Waals surface area contributed by atoms with E-state index in [1.165, 1.54) is 32.0 Å². The maximum atomic E-state index is 14.2. The van der Waals surface area contributed by atoms with Crippen LogP contribution in [-0.4, -0.2) is 38.1 Å². The first-order valence-electron chi connectivity index (χ1n) is 7.67. The summed E-state index contributed by atoms with van der Waals surface area (Å²) in [5.41, 5.74) is 6.99. The Morgan fingerprint density at radius 1 is 1.10 bits per heavy atom. The normalized spacial score (nSPS) is 22.7. The lowest BCUT2D eigenvalue weighted by molar-refractivity contribution is 0.0943. The molecule has 116 valence electrons. The number of benzene rings is 1. The van der Waals surface area contributed by atoms with Crippen LogP contribution in [0.5, 0.6) is 0 Å². The molecule has 3 rings (SSSR count). The molecule has 2 aliphatic heterocycles. The van der Waals surface area contributed by atoms with Gasteiger partial charge in [0.05, 0.1) is 10.7 Å². The van der Waals surface area contributed by atoms with Crippen LogP contribution in [0, 0.1) is 11.2 Å². The highest BCUT2D eigenvalue weighted by Crippen LogP contribution is 2.43. The molecule has 0 saturated carbocycles. The lowest BCUT2D eigenvalue weighted by Crippen LogP contribution is -2.46. The van der Waals surface area contributed by atoms with Crippen LogP contribution in [0.25, 0.3) is 0 Å². The first-order chi connectivity index (χ1) is 9.99. The summed E-state index contributed by atoms with van der Waals surface area (Å²) in [5.74, 6) is -0.306. The largest absolute Gasteiger partial charge is 0.399 e. The van der Waals surface area contributed by atoms with Crippen LogP contribution >= 0.6 is 11.6 Å². The molecule has 0 amide bonds. The van der Waals surface area contributed by atoms with Gasteiger partial charge in [-0.05, 0) is 63.4 Å². The number of hydrogen-bond donors (Lipinski definition) is 1. The van der Waals surface area contributed by atoms with E-state index in [0.29, 0.717) is 21.8 Å². The Bertz CT molecular complexity index is 493. The highest BCUT2D eigenvalue weighted by molar-refractivity contribution is 6.33. The molecule has 21 heavy (non-hydrogen) atoms. The molecule has 2 saturated heterocycles. The minimum Gasteiger partial charge on any atom is -0.399 e. The summed E-state index contributed by atoms with van der Waals surface area (Å²) in [4.78, 5) is 4.48. The zero-order chi connectivity index (χ0) is 15.0. The van der Waals surface area contributed by atoms with Gasteiger partial charge in [-0.25, -0.2) is 4.39 Å². The third-order valence-electron chi connectivity index (χ3n) is 5.23. The van der Waals surface area contributed by atoms with Crippen molar-refractivity contribution in [3.63, 3.8) is 0 Å². The van der Waals surface area contributed by atoms with Crippen molar-refractivity contribution in [1.82, 2.24) is 4.90 Å². The van der Waals surface area contributed by atoms with Crippen molar-refractivity contribution >= 4 is 23.0 Å². The average molecular weight is 312 g/mol. The van der Waals surface area contributed by atoms with E-state index < -0.39 is 0 Å². The maximum absolute atomic E-state index is 14.2. The lowest BCUT2D eigenvalue weighted by Gasteiger charge is -2.47. The first kappa shape index (κ1) is 14.9. The predicted octanol–water partition coefficient (Wildman–Crippen LogP) is 3.37. The number of nitrogens with zero attached hydrogens (tertiary/aromatic N) is 2. The third kappa shape index (κ3) is 2.97. The van der Waals surface area contributed by atoms with Gasteiger partial charge in [0.25, 0.3) is 0 Å². The Labute approximate surface area is 130 Å².